The minimum Gasteiger partial charge on any atom is -0.329 e. The van der Waals surface area contributed by atoms with Crippen LogP contribution in [0.3, 0.4) is 0 Å². The fourth-order valence-corrected chi connectivity index (χ4v) is 2.44. The van der Waals surface area contributed by atoms with E-state index in [0.717, 1.165) is 5.56 Å². The number of hydrogen-bond acceptors (Lipinski definition) is 2. The predicted molar refractivity (Wildman–Crippen MR) is 77.0 cm³/mol. The minimum atomic E-state index is -0.386. The van der Waals surface area contributed by atoms with Gasteiger partial charge in [-0.3, -0.25) is 9.88 Å². The Morgan fingerprint density at radius 1 is 1.30 bits per heavy atom. The average molecular weight is 336 g/mol. The van der Waals surface area contributed by atoms with Crippen LogP contribution >= 0.6 is 15.9 Å². The van der Waals surface area contributed by atoms with E-state index in [4.69, 9.17) is 0 Å². The largest absolute Gasteiger partial charge is 0.329 e. The number of carbonyl (C=O) groups is 1. The van der Waals surface area contributed by atoms with Crippen LogP contribution in [0.5, 0.6) is 0 Å². The van der Waals surface area contributed by atoms with Crippen molar-refractivity contribution in [2.24, 2.45) is 0 Å². The third kappa shape index (κ3) is 2.38. The molecule has 0 spiro atoms. The molecule has 1 N–H and O–H groups in total. The number of nitrogens with zero attached hydrogens (tertiary/aromatic N) is 2. The van der Waals surface area contributed by atoms with E-state index in [2.05, 4.69) is 26.2 Å². The monoisotopic (exact) mass is 335 g/mol. The first kappa shape index (κ1) is 13.1. The van der Waals surface area contributed by atoms with Crippen LogP contribution in [0.1, 0.15) is 11.6 Å². The summed E-state index contributed by atoms with van der Waals surface area (Å²) in [6.45, 7) is 0.462. The summed E-state index contributed by atoms with van der Waals surface area (Å²) in [6.07, 6.45) is 3.37. The first-order valence-corrected chi connectivity index (χ1v) is 6.87. The number of halogens is 2. The highest BCUT2D eigenvalue weighted by molar-refractivity contribution is 9.10. The standard InChI is InChI=1S/C14H11BrFN3O/c15-11-2-1-10(7-12(11)16)19-8-13(18-14(19)20)9-3-5-17-6-4-9/h1-7,13H,8H2,(H,18,20). The van der Waals surface area contributed by atoms with Gasteiger partial charge in [0.25, 0.3) is 0 Å². The summed E-state index contributed by atoms with van der Waals surface area (Å²) in [5.74, 6) is -0.386. The smallest absolute Gasteiger partial charge is 0.322 e. The minimum absolute atomic E-state index is 0.114. The topological polar surface area (TPSA) is 45.2 Å². The van der Waals surface area contributed by atoms with E-state index in [0.29, 0.717) is 16.7 Å². The second kappa shape index (κ2) is 5.20. The molecule has 1 unspecified atom stereocenters. The van der Waals surface area contributed by atoms with Gasteiger partial charge in [0.15, 0.2) is 0 Å². The Morgan fingerprint density at radius 2 is 2.05 bits per heavy atom. The van der Waals surface area contributed by atoms with Gasteiger partial charge in [0, 0.05) is 18.1 Å². The van der Waals surface area contributed by atoms with Gasteiger partial charge in [-0.15, -0.1) is 0 Å². The van der Waals surface area contributed by atoms with Crippen LogP contribution < -0.4 is 10.2 Å². The van der Waals surface area contributed by atoms with Gasteiger partial charge < -0.3 is 5.32 Å². The van der Waals surface area contributed by atoms with Crippen LogP contribution in [-0.4, -0.2) is 17.6 Å². The van der Waals surface area contributed by atoms with Crippen LogP contribution in [0.25, 0.3) is 0 Å². The first-order chi connectivity index (χ1) is 9.65. The molecule has 1 saturated heterocycles. The van der Waals surface area contributed by atoms with Gasteiger partial charge in [0.2, 0.25) is 0 Å². The number of pyridine rings is 1. The lowest BCUT2D eigenvalue weighted by Crippen LogP contribution is -2.27. The fraction of sp³-hybridized carbons (Fsp3) is 0.143. The molecule has 20 heavy (non-hydrogen) atoms. The Kier molecular flexibility index (Phi) is 3.40. The Hall–Kier alpha value is -1.95. The lowest BCUT2D eigenvalue weighted by atomic mass is 10.1. The average Bonchev–Trinajstić information content (AvgIpc) is 2.85. The lowest BCUT2D eigenvalue weighted by Gasteiger charge is -2.15. The van der Waals surface area contributed by atoms with Gasteiger partial charge in [-0.05, 0) is 51.8 Å². The number of carbonyl (C=O) groups excluding carboxylic acids is 1. The third-order valence-corrected chi connectivity index (χ3v) is 3.87. The molecule has 6 heteroatoms. The van der Waals surface area contributed by atoms with Crippen molar-refractivity contribution in [3.8, 4) is 0 Å². The number of benzene rings is 1. The van der Waals surface area contributed by atoms with Crippen molar-refractivity contribution in [3.05, 3.63) is 58.6 Å². The summed E-state index contributed by atoms with van der Waals surface area (Å²) in [5, 5.41) is 2.88. The van der Waals surface area contributed by atoms with Gasteiger partial charge in [0.1, 0.15) is 5.82 Å². The Bertz CT molecular complexity index is 650. The summed E-state index contributed by atoms with van der Waals surface area (Å²) in [4.78, 5) is 17.5. The normalized spacial score (nSPS) is 18.2. The van der Waals surface area contributed by atoms with Crippen LogP contribution in [0, 0.1) is 5.82 Å². The number of hydrogen-bond donors (Lipinski definition) is 1. The molecule has 0 radical (unpaired) electrons. The molecule has 1 aliphatic heterocycles. The zero-order valence-electron chi connectivity index (χ0n) is 10.4. The summed E-state index contributed by atoms with van der Waals surface area (Å²) in [7, 11) is 0. The zero-order chi connectivity index (χ0) is 14.1. The highest BCUT2D eigenvalue weighted by Crippen LogP contribution is 2.27. The molecular weight excluding hydrogens is 325 g/mol. The van der Waals surface area contributed by atoms with Gasteiger partial charge >= 0.3 is 6.03 Å². The van der Waals surface area contributed by atoms with Crippen molar-refractivity contribution in [1.29, 1.82) is 0 Å². The van der Waals surface area contributed by atoms with Crippen molar-refractivity contribution in [3.63, 3.8) is 0 Å². The predicted octanol–water partition coefficient (Wildman–Crippen LogP) is 3.25. The maximum atomic E-state index is 13.6. The summed E-state index contributed by atoms with van der Waals surface area (Å²) in [6, 6.07) is 8.02. The first-order valence-electron chi connectivity index (χ1n) is 6.08. The van der Waals surface area contributed by atoms with E-state index in [1.165, 1.54) is 11.0 Å². The second-order valence-electron chi connectivity index (χ2n) is 4.49. The van der Waals surface area contributed by atoms with Gasteiger partial charge in [-0.2, -0.15) is 0 Å². The molecule has 4 nitrogen and oxygen atoms in total. The van der Waals surface area contributed by atoms with E-state index in [-0.39, 0.29) is 17.9 Å². The summed E-state index contributed by atoms with van der Waals surface area (Å²) >= 11 is 3.10. The van der Waals surface area contributed by atoms with Crippen LogP contribution in [0.4, 0.5) is 14.9 Å². The molecule has 2 amide bonds. The van der Waals surface area contributed by atoms with E-state index in [1.807, 2.05) is 12.1 Å². The molecule has 1 fully saturated rings. The number of nitrogens with one attached hydrogen (secondary N) is 1. The third-order valence-electron chi connectivity index (χ3n) is 3.23. The van der Waals surface area contributed by atoms with E-state index < -0.39 is 0 Å². The fourth-order valence-electron chi connectivity index (χ4n) is 2.20. The van der Waals surface area contributed by atoms with Crippen molar-refractivity contribution in [2.75, 3.05) is 11.4 Å². The lowest BCUT2D eigenvalue weighted by molar-refractivity contribution is 0.251. The Labute approximate surface area is 123 Å². The number of amides is 2. The van der Waals surface area contributed by atoms with Crippen molar-refractivity contribution < 1.29 is 9.18 Å². The molecule has 102 valence electrons. The molecule has 1 aromatic carbocycles. The number of aromatic nitrogens is 1. The Morgan fingerprint density at radius 3 is 2.75 bits per heavy atom. The number of rotatable bonds is 2. The highest BCUT2D eigenvalue weighted by Gasteiger charge is 2.30. The molecule has 3 rings (SSSR count). The number of anilines is 1. The van der Waals surface area contributed by atoms with E-state index in [9.17, 15) is 9.18 Å². The summed E-state index contributed by atoms with van der Waals surface area (Å²) in [5.41, 5.74) is 1.52. The second-order valence-corrected chi connectivity index (χ2v) is 5.35. The van der Waals surface area contributed by atoms with Crippen LogP contribution in [0.15, 0.2) is 47.2 Å². The molecular formula is C14H11BrFN3O. The van der Waals surface area contributed by atoms with E-state index in [1.54, 1.807) is 24.5 Å². The van der Waals surface area contributed by atoms with Crippen molar-refractivity contribution >= 4 is 27.6 Å². The SMILES string of the molecule is O=C1NC(c2ccncc2)CN1c1ccc(Br)c(F)c1. The molecule has 1 aliphatic rings. The maximum Gasteiger partial charge on any atom is 0.322 e. The molecule has 0 saturated carbocycles. The zero-order valence-corrected chi connectivity index (χ0v) is 12.0. The molecule has 2 aromatic rings. The maximum absolute atomic E-state index is 13.6. The van der Waals surface area contributed by atoms with Gasteiger partial charge in [0.05, 0.1) is 17.1 Å². The molecule has 0 bridgehead atoms. The van der Waals surface area contributed by atoms with Crippen molar-refractivity contribution in [1.82, 2.24) is 10.3 Å². The van der Waals surface area contributed by atoms with Gasteiger partial charge in [-0.25, -0.2) is 9.18 Å². The number of urea groups is 1. The summed E-state index contributed by atoms with van der Waals surface area (Å²) < 4.78 is 13.9. The molecule has 1 aromatic heterocycles. The van der Waals surface area contributed by atoms with Crippen molar-refractivity contribution in [2.45, 2.75) is 6.04 Å². The Balaban J connectivity index is 1.85. The molecule has 2 heterocycles. The van der Waals surface area contributed by atoms with Gasteiger partial charge in [-0.1, -0.05) is 0 Å². The molecule has 0 aliphatic carbocycles. The highest BCUT2D eigenvalue weighted by atomic mass is 79.9. The van der Waals surface area contributed by atoms with Crippen LogP contribution in [0.2, 0.25) is 0 Å². The van der Waals surface area contributed by atoms with Crippen LogP contribution in [-0.2, 0) is 0 Å². The molecule has 1 atom stereocenters. The quantitative estimate of drug-likeness (QED) is 0.915. The van der Waals surface area contributed by atoms with E-state index >= 15 is 0 Å².